The fourth-order valence-electron chi connectivity index (χ4n) is 1.34. The molecule has 1 heterocycles. The number of aliphatic carboxylic acids is 1. The number of carboxylic acid groups (broad SMARTS) is 1. The number of methoxy groups -OCH3 is 1. The molecule has 0 aromatic heterocycles. The van der Waals surface area contributed by atoms with Gasteiger partial charge in [0.25, 0.3) is 0 Å². The molecular formula is C10H9NO4S. The summed E-state index contributed by atoms with van der Waals surface area (Å²) < 4.78 is 7.58. The molecule has 1 aromatic rings. The lowest BCUT2D eigenvalue weighted by Gasteiger charge is -2.18. The minimum absolute atomic E-state index is 0.217. The zero-order valence-electron chi connectivity index (χ0n) is 8.35. The maximum absolute atomic E-state index is 10.8. The van der Waals surface area contributed by atoms with Crippen LogP contribution in [0.5, 0.6) is 5.75 Å². The fraction of sp³-hybridized carbons (Fsp3) is 0.100. The molecule has 0 amide bonds. The number of benzene rings is 1. The van der Waals surface area contributed by atoms with Gasteiger partial charge in [-0.05, 0) is 30.1 Å². The second kappa shape index (κ2) is 3.97. The minimum atomic E-state index is -1.20. The molecule has 0 fully saturated rings. The molecule has 0 spiro atoms. The summed E-state index contributed by atoms with van der Waals surface area (Å²) in [7, 11) is 1.51. The van der Waals surface area contributed by atoms with E-state index in [-0.39, 0.29) is 11.5 Å². The Morgan fingerprint density at radius 2 is 2.25 bits per heavy atom. The van der Waals surface area contributed by atoms with Crippen LogP contribution in [0.1, 0.15) is 5.56 Å². The van der Waals surface area contributed by atoms with Crippen molar-refractivity contribution in [3.05, 3.63) is 29.5 Å². The molecular weight excluding hydrogens is 230 g/mol. The monoisotopic (exact) mass is 239 g/mol. The van der Waals surface area contributed by atoms with Crippen molar-refractivity contribution in [2.45, 2.75) is 4.90 Å². The van der Waals surface area contributed by atoms with Gasteiger partial charge in [-0.15, -0.1) is 0 Å². The Morgan fingerprint density at radius 1 is 1.50 bits per heavy atom. The predicted molar refractivity (Wildman–Crippen MR) is 59.2 cm³/mol. The van der Waals surface area contributed by atoms with E-state index in [4.69, 9.17) is 9.84 Å². The van der Waals surface area contributed by atoms with Crippen LogP contribution in [0.25, 0.3) is 5.76 Å². The van der Waals surface area contributed by atoms with Gasteiger partial charge >= 0.3 is 5.97 Å². The fourth-order valence-corrected chi connectivity index (χ4v) is 2.14. The average Bonchev–Trinajstić information content (AvgIpc) is 2.28. The van der Waals surface area contributed by atoms with Gasteiger partial charge in [-0.3, -0.25) is 0 Å². The number of hydrogen-bond donors (Lipinski definition) is 3. The van der Waals surface area contributed by atoms with Crippen LogP contribution in [-0.4, -0.2) is 23.3 Å². The molecule has 2 rings (SSSR count). The first-order chi connectivity index (χ1) is 7.63. The van der Waals surface area contributed by atoms with Crippen LogP contribution >= 0.6 is 11.9 Å². The quantitative estimate of drug-likeness (QED) is 0.680. The Balaban J connectivity index is 2.55. The average molecular weight is 239 g/mol. The van der Waals surface area contributed by atoms with Crippen molar-refractivity contribution >= 4 is 23.7 Å². The molecule has 0 saturated carbocycles. The Labute approximate surface area is 95.9 Å². The van der Waals surface area contributed by atoms with Crippen LogP contribution in [0.15, 0.2) is 28.8 Å². The third kappa shape index (κ3) is 1.67. The number of hydrogen-bond acceptors (Lipinski definition) is 5. The number of aliphatic hydroxyl groups excluding tert-OH is 1. The van der Waals surface area contributed by atoms with Crippen molar-refractivity contribution in [3.8, 4) is 5.75 Å². The number of carbonyl (C=O) groups is 1. The number of ether oxygens (including phenoxy) is 1. The van der Waals surface area contributed by atoms with E-state index in [1.807, 2.05) is 0 Å². The van der Waals surface area contributed by atoms with Gasteiger partial charge in [0.2, 0.25) is 0 Å². The molecule has 5 nitrogen and oxygen atoms in total. The second-order valence-electron chi connectivity index (χ2n) is 3.09. The summed E-state index contributed by atoms with van der Waals surface area (Å²) in [5.74, 6) is -0.906. The molecule has 6 heteroatoms. The molecule has 84 valence electrons. The summed E-state index contributed by atoms with van der Waals surface area (Å²) >= 11 is 1.14. The van der Waals surface area contributed by atoms with Crippen LogP contribution in [-0.2, 0) is 4.79 Å². The molecule has 1 aliphatic heterocycles. The van der Waals surface area contributed by atoms with E-state index in [2.05, 4.69) is 4.72 Å². The molecule has 0 radical (unpaired) electrons. The molecule has 0 atom stereocenters. The summed E-state index contributed by atoms with van der Waals surface area (Å²) in [6.07, 6.45) is 0. The summed E-state index contributed by atoms with van der Waals surface area (Å²) in [5.41, 5.74) is 0.242. The van der Waals surface area contributed by atoms with Gasteiger partial charge in [-0.1, -0.05) is 0 Å². The number of fused-ring (bicyclic) bond motifs is 1. The zero-order chi connectivity index (χ0) is 11.7. The first-order valence-corrected chi connectivity index (χ1v) is 5.23. The summed E-state index contributed by atoms with van der Waals surface area (Å²) in [6.45, 7) is 0. The van der Waals surface area contributed by atoms with Gasteiger partial charge < -0.3 is 19.7 Å². The van der Waals surface area contributed by atoms with Crippen LogP contribution < -0.4 is 9.46 Å². The second-order valence-corrected chi connectivity index (χ2v) is 3.94. The Kier molecular flexibility index (Phi) is 2.66. The SMILES string of the molecule is COc1ccc2c(c1)C(O)=C(C(=O)O)NS2. The number of carboxylic acids is 1. The van der Waals surface area contributed by atoms with Crippen molar-refractivity contribution in [2.24, 2.45) is 0 Å². The first kappa shape index (κ1) is 10.7. The van der Waals surface area contributed by atoms with Crippen molar-refractivity contribution in [1.29, 1.82) is 0 Å². The van der Waals surface area contributed by atoms with Gasteiger partial charge in [-0.25, -0.2) is 4.79 Å². The maximum Gasteiger partial charge on any atom is 0.356 e. The normalized spacial score (nSPS) is 14.1. The predicted octanol–water partition coefficient (Wildman–Crippen LogP) is 1.62. The Bertz CT molecular complexity index is 484. The molecule has 0 saturated heterocycles. The van der Waals surface area contributed by atoms with Crippen molar-refractivity contribution in [2.75, 3.05) is 7.11 Å². The van der Waals surface area contributed by atoms with E-state index in [0.29, 0.717) is 11.3 Å². The highest BCUT2D eigenvalue weighted by atomic mass is 32.2. The van der Waals surface area contributed by atoms with Crippen LogP contribution in [0.2, 0.25) is 0 Å². The van der Waals surface area contributed by atoms with E-state index in [1.165, 1.54) is 7.11 Å². The van der Waals surface area contributed by atoms with Gasteiger partial charge in [0.15, 0.2) is 11.5 Å². The zero-order valence-corrected chi connectivity index (χ0v) is 9.17. The van der Waals surface area contributed by atoms with Gasteiger partial charge in [0.1, 0.15) is 5.75 Å². The number of rotatable bonds is 2. The van der Waals surface area contributed by atoms with E-state index in [9.17, 15) is 9.90 Å². The molecule has 0 unspecified atom stereocenters. The minimum Gasteiger partial charge on any atom is -0.505 e. The lowest BCUT2D eigenvalue weighted by atomic mass is 10.1. The third-order valence-electron chi connectivity index (χ3n) is 2.16. The first-order valence-electron chi connectivity index (χ1n) is 4.41. The highest BCUT2D eigenvalue weighted by Gasteiger charge is 2.23. The number of nitrogens with one attached hydrogen (secondary N) is 1. The number of aliphatic hydroxyl groups is 1. The summed E-state index contributed by atoms with van der Waals surface area (Å²) in [5, 5.41) is 18.6. The van der Waals surface area contributed by atoms with Crippen molar-refractivity contribution in [3.63, 3.8) is 0 Å². The Morgan fingerprint density at radius 3 is 2.88 bits per heavy atom. The Hall–Kier alpha value is -1.82. The van der Waals surface area contributed by atoms with Crippen LogP contribution in [0.3, 0.4) is 0 Å². The summed E-state index contributed by atoms with van der Waals surface area (Å²) in [6, 6.07) is 5.09. The molecule has 0 bridgehead atoms. The van der Waals surface area contributed by atoms with Crippen LogP contribution in [0, 0.1) is 0 Å². The van der Waals surface area contributed by atoms with E-state index in [1.54, 1.807) is 18.2 Å². The lowest BCUT2D eigenvalue weighted by Crippen LogP contribution is -2.19. The van der Waals surface area contributed by atoms with Crippen molar-refractivity contribution in [1.82, 2.24) is 4.72 Å². The molecule has 1 aliphatic rings. The van der Waals surface area contributed by atoms with Crippen LogP contribution in [0.4, 0.5) is 0 Å². The van der Waals surface area contributed by atoms with E-state index in [0.717, 1.165) is 16.8 Å². The van der Waals surface area contributed by atoms with E-state index < -0.39 is 5.97 Å². The molecule has 16 heavy (non-hydrogen) atoms. The van der Waals surface area contributed by atoms with Crippen molar-refractivity contribution < 1.29 is 19.7 Å². The van der Waals surface area contributed by atoms with Gasteiger partial charge in [0.05, 0.1) is 7.11 Å². The van der Waals surface area contributed by atoms with Gasteiger partial charge in [-0.2, -0.15) is 0 Å². The standard InChI is InChI=1S/C10H9NO4S/c1-15-5-2-3-7-6(4-5)9(12)8(10(13)14)11-16-7/h2-4,11-12H,1H3,(H,13,14). The largest absolute Gasteiger partial charge is 0.505 e. The molecule has 1 aromatic carbocycles. The third-order valence-corrected chi connectivity index (χ3v) is 3.04. The highest BCUT2D eigenvalue weighted by Crippen LogP contribution is 2.34. The molecule has 0 aliphatic carbocycles. The lowest BCUT2D eigenvalue weighted by molar-refractivity contribution is -0.132. The van der Waals surface area contributed by atoms with E-state index >= 15 is 0 Å². The topological polar surface area (TPSA) is 78.8 Å². The smallest absolute Gasteiger partial charge is 0.356 e. The summed E-state index contributed by atoms with van der Waals surface area (Å²) in [4.78, 5) is 11.6. The highest BCUT2D eigenvalue weighted by molar-refractivity contribution is 7.97. The van der Waals surface area contributed by atoms with Gasteiger partial charge in [0, 0.05) is 10.5 Å². The maximum atomic E-state index is 10.8. The molecule has 3 N–H and O–H groups in total.